The van der Waals surface area contributed by atoms with Crippen LogP contribution in [-0.2, 0) is 0 Å². The molecule has 0 spiro atoms. The molecule has 98 valence electrons. The molecule has 2 rings (SSSR count). The minimum atomic E-state index is -0.574. The highest BCUT2D eigenvalue weighted by Crippen LogP contribution is 2.25. The van der Waals surface area contributed by atoms with Gasteiger partial charge in [-0.25, -0.2) is 0 Å². The number of hydrogen-bond donors (Lipinski definition) is 3. The van der Waals surface area contributed by atoms with Crippen molar-refractivity contribution in [2.75, 3.05) is 10.7 Å². The molecular weight excluding hydrogens is 268 g/mol. The molecule has 0 saturated heterocycles. The zero-order valence-electron chi connectivity index (χ0n) is 9.62. The third kappa shape index (κ3) is 2.87. The van der Waals surface area contributed by atoms with Crippen LogP contribution in [0.15, 0.2) is 35.0 Å². The summed E-state index contributed by atoms with van der Waals surface area (Å²) in [6.45, 7) is 0. The Morgan fingerprint density at radius 2 is 2.16 bits per heavy atom. The Bertz CT molecular complexity index is 612. The minimum Gasteiger partial charge on any atom is -0.321 e. The lowest BCUT2D eigenvalue weighted by molar-refractivity contribution is -0.384. The molecule has 1 heterocycles. The highest BCUT2D eigenvalue weighted by atomic mass is 32.1. The Balaban J connectivity index is 2.25. The van der Waals surface area contributed by atoms with Gasteiger partial charge in [-0.1, -0.05) is 0 Å². The lowest BCUT2D eigenvalue weighted by atomic mass is 10.1. The Kier molecular flexibility index (Phi) is 3.74. The Hall–Kier alpha value is -2.45. The maximum absolute atomic E-state index is 11.9. The van der Waals surface area contributed by atoms with Crippen LogP contribution in [0.3, 0.4) is 0 Å². The van der Waals surface area contributed by atoms with Crippen molar-refractivity contribution in [1.82, 2.24) is 0 Å². The van der Waals surface area contributed by atoms with Gasteiger partial charge >= 0.3 is 0 Å². The lowest BCUT2D eigenvalue weighted by Crippen LogP contribution is -2.14. The fourth-order valence-corrected chi connectivity index (χ4v) is 2.08. The van der Waals surface area contributed by atoms with Crippen LogP contribution in [0.2, 0.25) is 0 Å². The normalized spacial score (nSPS) is 9.95. The van der Waals surface area contributed by atoms with Crippen molar-refractivity contribution in [1.29, 1.82) is 0 Å². The van der Waals surface area contributed by atoms with E-state index in [1.165, 1.54) is 29.5 Å². The molecule has 19 heavy (non-hydrogen) atoms. The smallest absolute Gasteiger partial charge is 0.293 e. The van der Waals surface area contributed by atoms with E-state index in [0.29, 0.717) is 5.69 Å². The van der Waals surface area contributed by atoms with E-state index < -0.39 is 4.92 Å². The first-order chi connectivity index (χ1) is 9.11. The molecule has 0 aliphatic carbocycles. The lowest BCUT2D eigenvalue weighted by Gasteiger charge is -2.06. The van der Waals surface area contributed by atoms with Crippen molar-refractivity contribution in [3.05, 3.63) is 50.7 Å². The number of nitrogens with zero attached hydrogens (tertiary/aromatic N) is 1. The van der Waals surface area contributed by atoms with Crippen molar-refractivity contribution in [3.63, 3.8) is 0 Å². The Labute approximate surface area is 112 Å². The topological polar surface area (TPSA) is 110 Å². The first-order valence-electron chi connectivity index (χ1n) is 5.20. The van der Waals surface area contributed by atoms with Crippen LogP contribution in [0.4, 0.5) is 17.1 Å². The maximum atomic E-state index is 11.9. The predicted molar refractivity (Wildman–Crippen MR) is 73.2 cm³/mol. The first-order valence-corrected chi connectivity index (χ1v) is 6.14. The van der Waals surface area contributed by atoms with E-state index in [-0.39, 0.29) is 22.8 Å². The summed E-state index contributed by atoms with van der Waals surface area (Å²) in [6, 6.07) is 5.70. The first kappa shape index (κ1) is 13.0. The zero-order valence-corrected chi connectivity index (χ0v) is 10.4. The summed E-state index contributed by atoms with van der Waals surface area (Å²) in [6.07, 6.45) is 0. The molecule has 8 heteroatoms. The predicted octanol–water partition coefficient (Wildman–Crippen LogP) is 2.19. The summed E-state index contributed by atoms with van der Waals surface area (Å²) < 4.78 is 0. The largest absolute Gasteiger partial charge is 0.321 e. The maximum Gasteiger partial charge on any atom is 0.293 e. The van der Waals surface area contributed by atoms with Gasteiger partial charge in [-0.2, -0.15) is 11.3 Å². The number of nitrogen functional groups attached to an aromatic ring is 1. The number of nitrogens with one attached hydrogen (secondary N) is 2. The summed E-state index contributed by atoms with van der Waals surface area (Å²) in [7, 11) is 0. The van der Waals surface area contributed by atoms with Crippen LogP contribution in [0.25, 0.3) is 0 Å². The third-order valence-corrected chi connectivity index (χ3v) is 3.07. The number of hydrazine groups is 1. The van der Waals surface area contributed by atoms with Gasteiger partial charge in [-0.3, -0.25) is 20.8 Å². The molecular formula is C11H10N4O3S. The van der Waals surface area contributed by atoms with Gasteiger partial charge in [0.15, 0.2) is 0 Å². The number of anilines is 2. The number of nitro groups is 1. The number of carbonyl (C=O) groups is 1. The summed E-state index contributed by atoms with van der Waals surface area (Å²) in [5.74, 6) is 4.85. The number of benzene rings is 1. The van der Waals surface area contributed by atoms with Gasteiger partial charge in [-0.15, -0.1) is 0 Å². The number of nitro benzene ring substituents is 1. The Morgan fingerprint density at radius 1 is 1.37 bits per heavy atom. The third-order valence-electron chi connectivity index (χ3n) is 2.39. The number of thiophene rings is 1. The monoisotopic (exact) mass is 278 g/mol. The molecule has 4 N–H and O–H groups in total. The van der Waals surface area contributed by atoms with Gasteiger partial charge < -0.3 is 10.7 Å². The van der Waals surface area contributed by atoms with Crippen molar-refractivity contribution in [2.24, 2.45) is 5.84 Å². The van der Waals surface area contributed by atoms with Crippen LogP contribution in [0.5, 0.6) is 0 Å². The molecule has 0 unspecified atom stereocenters. The van der Waals surface area contributed by atoms with Gasteiger partial charge in [0, 0.05) is 17.0 Å². The fourth-order valence-electron chi connectivity index (χ4n) is 1.49. The molecule has 0 radical (unpaired) electrons. The number of hydrogen-bond acceptors (Lipinski definition) is 6. The SMILES string of the molecule is NNc1cc(C(=O)Nc2ccsc2)ccc1[N+](=O)[O-]. The van der Waals surface area contributed by atoms with Gasteiger partial charge in [-0.05, 0) is 23.6 Å². The van der Waals surface area contributed by atoms with Crippen LogP contribution < -0.4 is 16.6 Å². The van der Waals surface area contributed by atoms with E-state index in [9.17, 15) is 14.9 Å². The van der Waals surface area contributed by atoms with Crippen LogP contribution >= 0.6 is 11.3 Å². The van der Waals surface area contributed by atoms with E-state index in [1.54, 1.807) is 11.4 Å². The molecule has 2 aromatic rings. The van der Waals surface area contributed by atoms with Gasteiger partial charge in [0.1, 0.15) is 5.69 Å². The molecule has 0 aliphatic heterocycles. The van der Waals surface area contributed by atoms with Gasteiger partial charge in [0.25, 0.3) is 11.6 Å². The molecule has 7 nitrogen and oxygen atoms in total. The Morgan fingerprint density at radius 3 is 2.74 bits per heavy atom. The molecule has 1 aromatic heterocycles. The second-order valence-electron chi connectivity index (χ2n) is 3.60. The van der Waals surface area contributed by atoms with Crippen molar-refractivity contribution >= 4 is 34.3 Å². The standard InChI is InChI=1S/C11H10N4O3S/c12-14-9-5-7(1-2-10(9)15(17)18)11(16)13-8-3-4-19-6-8/h1-6,14H,12H2,(H,13,16). The molecule has 0 fully saturated rings. The number of carbonyl (C=O) groups excluding carboxylic acids is 1. The summed E-state index contributed by atoms with van der Waals surface area (Å²) in [4.78, 5) is 22.1. The van der Waals surface area contributed by atoms with Crippen molar-refractivity contribution in [3.8, 4) is 0 Å². The molecule has 0 saturated carbocycles. The number of nitrogens with two attached hydrogens (primary N) is 1. The number of amides is 1. The van der Waals surface area contributed by atoms with E-state index in [4.69, 9.17) is 5.84 Å². The van der Waals surface area contributed by atoms with Crippen LogP contribution in [-0.4, -0.2) is 10.8 Å². The summed E-state index contributed by atoms with van der Waals surface area (Å²) in [5, 5.41) is 17.0. The highest BCUT2D eigenvalue weighted by molar-refractivity contribution is 7.08. The zero-order chi connectivity index (χ0) is 13.8. The second-order valence-corrected chi connectivity index (χ2v) is 4.38. The van der Waals surface area contributed by atoms with Crippen molar-refractivity contribution in [2.45, 2.75) is 0 Å². The second kappa shape index (κ2) is 5.46. The number of rotatable bonds is 4. The summed E-state index contributed by atoms with van der Waals surface area (Å²) >= 11 is 1.45. The minimum absolute atomic E-state index is 0.0861. The molecule has 1 amide bonds. The average Bonchev–Trinajstić information content (AvgIpc) is 2.90. The highest BCUT2D eigenvalue weighted by Gasteiger charge is 2.16. The fraction of sp³-hybridized carbons (Fsp3) is 0. The van der Waals surface area contributed by atoms with Gasteiger partial charge in [0.05, 0.1) is 10.6 Å². The summed E-state index contributed by atoms with van der Waals surface area (Å²) in [5.41, 5.74) is 3.07. The van der Waals surface area contributed by atoms with E-state index in [0.717, 1.165) is 0 Å². The van der Waals surface area contributed by atoms with Crippen molar-refractivity contribution < 1.29 is 9.72 Å². The van der Waals surface area contributed by atoms with E-state index in [2.05, 4.69) is 10.7 Å². The van der Waals surface area contributed by atoms with E-state index in [1.807, 2.05) is 5.38 Å². The van der Waals surface area contributed by atoms with E-state index >= 15 is 0 Å². The molecule has 0 bridgehead atoms. The molecule has 1 aromatic carbocycles. The average molecular weight is 278 g/mol. The quantitative estimate of drug-likeness (QED) is 0.451. The molecule has 0 aliphatic rings. The molecule has 0 atom stereocenters. The van der Waals surface area contributed by atoms with Crippen LogP contribution in [0.1, 0.15) is 10.4 Å². The van der Waals surface area contributed by atoms with Gasteiger partial charge in [0.2, 0.25) is 0 Å². The van der Waals surface area contributed by atoms with Crippen LogP contribution in [0, 0.1) is 10.1 Å².